The monoisotopic (exact) mass is 409 g/mol. The Bertz CT molecular complexity index is 999. The number of thioether (sulfide) groups is 1. The third-order valence-corrected chi connectivity index (χ3v) is 5.49. The molecule has 0 aliphatic heterocycles. The molecule has 0 unspecified atom stereocenters. The molecule has 0 bridgehead atoms. The molecule has 4 rings (SSSR count). The van der Waals surface area contributed by atoms with Gasteiger partial charge < -0.3 is 8.94 Å². The lowest BCUT2D eigenvalue weighted by Gasteiger charge is -1.99. The van der Waals surface area contributed by atoms with E-state index >= 15 is 0 Å². The van der Waals surface area contributed by atoms with Crippen molar-refractivity contribution in [1.82, 2.24) is 15.4 Å². The lowest BCUT2D eigenvalue weighted by atomic mass is 10.1. The molecule has 9 heteroatoms. The quantitative estimate of drug-likeness (QED) is 0.373. The summed E-state index contributed by atoms with van der Waals surface area (Å²) in [5, 5.41) is 15.7. The van der Waals surface area contributed by atoms with Gasteiger partial charge in [0.1, 0.15) is 11.5 Å². The maximum Gasteiger partial charge on any atom is 0.277 e. The minimum absolute atomic E-state index is 0.478. The fourth-order valence-electron chi connectivity index (χ4n) is 2.11. The van der Waals surface area contributed by atoms with Gasteiger partial charge >= 0.3 is 0 Å². The topological polar surface area (TPSA) is 65.0 Å². The standard InChI is InChI=1S/C16H9Cl2N3O2S2/c17-9-3-4-11(12(18)6-9)13-7-10(23-21-13)8-25-16-20-19-15(22-16)14-2-1-5-24-14/h1-7H,8H2. The van der Waals surface area contributed by atoms with Crippen molar-refractivity contribution in [2.24, 2.45) is 0 Å². The van der Waals surface area contributed by atoms with Crippen LogP contribution in [0, 0.1) is 0 Å². The van der Waals surface area contributed by atoms with Crippen LogP contribution in [0.2, 0.25) is 10.0 Å². The highest BCUT2D eigenvalue weighted by Crippen LogP contribution is 2.32. The number of hydrogen-bond acceptors (Lipinski definition) is 7. The average molecular weight is 410 g/mol. The largest absolute Gasteiger partial charge is 0.410 e. The van der Waals surface area contributed by atoms with Gasteiger partial charge in [0, 0.05) is 16.7 Å². The minimum Gasteiger partial charge on any atom is -0.410 e. The van der Waals surface area contributed by atoms with Crippen LogP contribution in [-0.2, 0) is 5.75 Å². The molecule has 0 saturated heterocycles. The third-order valence-electron chi connectivity index (χ3n) is 3.24. The molecule has 0 spiro atoms. The molecule has 3 heterocycles. The molecule has 0 atom stereocenters. The van der Waals surface area contributed by atoms with Gasteiger partial charge in [0.05, 0.1) is 15.7 Å². The number of hydrogen-bond donors (Lipinski definition) is 0. The van der Waals surface area contributed by atoms with Crippen molar-refractivity contribution >= 4 is 46.3 Å². The van der Waals surface area contributed by atoms with Crippen molar-refractivity contribution < 1.29 is 8.94 Å². The highest BCUT2D eigenvalue weighted by Gasteiger charge is 2.13. The van der Waals surface area contributed by atoms with E-state index in [9.17, 15) is 0 Å². The van der Waals surface area contributed by atoms with Gasteiger partial charge in [-0.3, -0.25) is 0 Å². The molecule has 4 aromatic rings. The highest BCUT2D eigenvalue weighted by atomic mass is 35.5. The lowest BCUT2D eigenvalue weighted by Crippen LogP contribution is -1.79. The summed E-state index contributed by atoms with van der Waals surface area (Å²) in [4.78, 5) is 0.943. The second-order valence-electron chi connectivity index (χ2n) is 4.94. The van der Waals surface area contributed by atoms with Crippen LogP contribution >= 0.6 is 46.3 Å². The van der Waals surface area contributed by atoms with Crippen LogP contribution < -0.4 is 0 Å². The van der Waals surface area contributed by atoms with Crippen molar-refractivity contribution in [3.63, 3.8) is 0 Å². The Morgan fingerprint density at radius 2 is 2.04 bits per heavy atom. The first-order chi connectivity index (χ1) is 12.2. The van der Waals surface area contributed by atoms with Crippen molar-refractivity contribution in [1.29, 1.82) is 0 Å². The van der Waals surface area contributed by atoms with Gasteiger partial charge in [-0.1, -0.05) is 46.2 Å². The van der Waals surface area contributed by atoms with E-state index in [1.807, 2.05) is 29.6 Å². The Hall–Kier alpha value is -1.80. The van der Waals surface area contributed by atoms with Gasteiger partial charge in [-0.15, -0.1) is 21.5 Å². The van der Waals surface area contributed by atoms with Gasteiger partial charge in [-0.2, -0.15) is 0 Å². The Labute approximate surface area is 161 Å². The summed E-state index contributed by atoms with van der Waals surface area (Å²) in [6.45, 7) is 0. The predicted octanol–water partition coefficient (Wildman–Crippen LogP) is 6.05. The number of rotatable bonds is 5. The van der Waals surface area contributed by atoms with Gasteiger partial charge in [0.2, 0.25) is 0 Å². The number of benzene rings is 1. The summed E-state index contributed by atoms with van der Waals surface area (Å²) in [5.74, 6) is 1.72. The first-order valence-corrected chi connectivity index (χ1v) is 9.72. The van der Waals surface area contributed by atoms with E-state index in [0.717, 1.165) is 10.4 Å². The molecule has 5 nitrogen and oxygen atoms in total. The maximum atomic E-state index is 6.19. The Kier molecular flexibility index (Phi) is 4.80. The summed E-state index contributed by atoms with van der Waals surface area (Å²) in [7, 11) is 0. The van der Waals surface area contributed by atoms with Gasteiger partial charge in [-0.05, 0) is 29.6 Å². The summed E-state index contributed by atoms with van der Waals surface area (Å²) < 4.78 is 11.0. The van der Waals surface area contributed by atoms with E-state index in [4.69, 9.17) is 32.1 Å². The van der Waals surface area contributed by atoms with Crippen LogP contribution in [0.25, 0.3) is 22.0 Å². The van der Waals surface area contributed by atoms with E-state index in [0.29, 0.717) is 38.4 Å². The maximum absolute atomic E-state index is 6.19. The number of nitrogens with zero attached hydrogens (tertiary/aromatic N) is 3. The van der Waals surface area contributed by atoms with Gasteiger partial charge in [0.25, 0.3) is 11.1 Å². The number of halogens is 2. The number of thiophene rings is 1. The summed E-state index contributed by atoms with van der Waals surface area (Å²) in [5.41, 5.74) is 1.42. The molecule has 0 amide bonds. The average Bonchev–Trinajstić information content (AvgIpc) is 3.34. The van der Waals surface area contributed by atoms with Crippen LogP contribution in [0.4, 0.5) is 0 Å². The fourth-order valence-corrected chi connectivity index (χ4v) is 3.89. The smallest absolute Gasteiger partial charge is 0.277 e. The molecule has 0 aliphatic rings. The zero-order chi connectivity index (χ0) is 17.2. The Morgan fingerprint density at radius 3 is 2.84 bits per heavy atom. The van der Waals surface area contributed by atoms with Crippen molar-refractivity contribution in [2.75, 3.05) is 0 Å². The van der Waals surface area contributed by atoms with E-state index < -0.39 is 0 Å². The van der Waals surface area contributed by atoms with Crippen LogP contribution in [0.5, 0.6) is 0 Å². The van der Waals surface area contributed by atoms with Gasteiger partial charge in [0.15, 0.2) is 0 Å². The van der Waals surface area contributed by atoms with E-state index in [1.165, 1.54) is 11.8 Å². The molecule has 0 aliphatic carbocycles. The first kappa shape index (κ1) is 16.7. The van der Waals surface area contributed by atoms with Crippen LogP contribution in [0.1, 0.15) is 5.76 Å². The first-order valence-electron chi connectivity index (χ1n) is 7.10. The minimum atomic E-state index is 0.478. The molecule has 1 aromatic carbocycles. The SMILES string of the molecule is Clc1ccc(-c2cc(CSc3nnc(-c4cccs4)o3)on2)c(Cl)c1. The predicted molar refractivity (Wildman–Crippen MR) is 99.1 cm³/mol. The Balaban J connectivity index is 1.45. The summed E-state index contributed by atoms with van der Waals surface area (Å²) >= 11 is 15.0. The second kappa shape index (κ2) is 7.21. The normalized spacial score (nSPS) is 11.1. The highest BCUT2D eigenvalue weighted by molar-refractivity contribution is 7.98. The molecular formula is C16H9Cl2N3O2S2. The molecule has 0 fully saturated rings. The Morgan fingerprint density at radius 1 is 1.12 bits per heavy atom. The molecule has 0 radical (unpaired) electrons. The van der Waals surface area contributed by atoms with E-state index in [1.54, 1.807) is 23.5 Å². The van der Waals surface area contributed by atoms with E-state index in [-0.39, 0.29) is 0 Å². The van der Waals surface area contributed by atoms with Crippen LogP contribution in [0.3, 0.4) is 0 Å². The zero-order valence-corrected chi connectivity index (χ0v) is 15.6. The third kappa shape index (κ3) is 3.74. The second-order valence-corrected chi connectivity index (χ2v) is 7.66. The molecule has 3 aromatic heterocycles. The summed E-state index contributed by atoms with van der Waals surface area (Å²) in [6, 6.07) is 11.0. The molecule has 25 heavy (non-hydrogen) atoms. The van der Waals surface area contributed by atoms with Crippen molar-refractivity contribution in [3.8, 4) is 22.0 Å². The molecule has 0 saturated carbocycles. The summed E-state index contributed by atoms with van der Waals surface area (Å²) in [6.07, 6.45) is 0. The fraction of sp³-hybridized carbons (Fsp3) is 0.0625. The molecule has 0 N–H and O–H groups in total. The number of aromatic nitrogens is 3. The zero-order valence-electron chi connectivity index (χ0n) is 12.5. The molecule has 126 valence electrons. The van der Waals surface area contributed by atoms with E-state index in [2.05, 4.69) is 15.4 Å². The van der Waals surface area contributed by atoms with Gasteiger partial charge in [-0.25, -0.2) is 0 Å². The van der Waals surface area contributed by atoms with Crippen molar-refractivity contribution in [3.05, 3.63) is 57.6 Å². The van der Waals surface area contributed by atoms with Crippen LogP contribution in [-0.4, -0.2) is 15.4 Å². The van der Waals surface area contributed by atoms with Crippen LogP contribution in [0.15, 0.2) is 55.9 Å². The molecular weight excluding hydrogens is 401 g/mol. The lowest BCUT2D eigenvalue weighted by molar-refractivity contribution is 0.396. The van der Waals surface area contributed by atoms with Crippen molar-refractivity contribution in [2.45, 2.75) is 11.0 Å².